The molecular formula is C18H23FN2. The van der Waals surface area contributed by atoms with Crippen LogP contribution in [0.2, 0.25) is 0 Å². The molecule has 1 aromatic heterocycles. The third-order valence-corrected chi connectivity index (χ3v) is 3.57. The molecule has 0 fully saturated rings. The second-order valence-electron chi connectivity index (χ2n) is 5.91. The molecule has 0 aliphatic rings. The highest BCUT2D eigenvalue weighted by molar-refractivity contribution is 5.32. The summed E-state index contributed by atoms with van der Waals surface area (Å²) in [5.41, 5.74) is 4.72. The summed E-state index contributed by atoms with van der Waals surface area (Å²) in [6, 6.07) is 10.2. The molecule has 1 heterocycles. The van der Waals surface area contributed by atoms with Crippen LogP contribution in [-0.4, -0.2) is 11.0 Å². The van der Waals surface area contributed by atoms with Crippen molar-refractivity contribution in [2.75, 3.05) is 0 Å². The predicted molar refractivity (Wildman–Crippen MR) is 84.8 cm³/mol. The number of aryl methyl sites for hydroxylation is 2. The van der Waals surface area contributed by atoms with Crippen LogP contribution < -0.4 is 5.32 Å². The van der Waals surface area contributed by atoms with Crippen molar-refractivity contribution in [3.63, 3.8) is 0 Å². The van der Waals surface area contributed by atoms with Crippen LogP contribution in [0.5, 0.6) is 0 Å². The smallest absolute Gasteiger partial charge is 0.141 e. The number of halogens is 1. The monoisotopic (exact) mass is 286 g/mol. The van der Waals surface area contributed by atoms with Gasteiger partial charge in [0.15, 0.2) is 0 Å². The average Bonchev–Trinajstić information content (AvgIpc) is 2.42. The van der Waals surface area contributed by atoms with Gasteiger partial charge >= 0.3 is 0 Å². The molecule has 0 aliphatic heterocycles. The summed E-state index contributed by atoms with van der Waals surface area (Å²) in [4.78, 5) is 4.24. The van der Waals surface area contributed by atoms with Gasteiger partial charge in [0.2, 0.25) is 0 Å². The quantitative estimate of drug-likeness (QED) is 0.894. The predicted octanol–water partition coefficient (Wildman–Crippen LogP) is 4.12. The number of benzene rings is 1. The molecule has 0 amide bonds. The molecule has 3 heteroatoms. The highest BCUT2D eigenvalue weighted by atomic mass is 19.1. The molecule has 112 valence electrons. The first-order chi connectivity index (χ1) is 9.95. The molecule has 0 bridgehead atoms. The molecular weight excluding hydrogens is 263 g/mol. The summed E-state index contributed by atoms with van der Waals surface area (Å²) in [6.07, 6.45) is 2.14. The van der Waals surface area contributed by atoms with E-state index in [1.165, 1.54) is 29.0 Å². The fraction of sp³-hybridized carbons (Fsp3) is 0.389. The standard InChI is InChI=1S/C18H23FN2/c1-12(2)21-18(17-8-7-16(19)11-20-17)10-15-9-13(3)5-6-14(15)4/h5-9,11-12,18,21H,10H2,1-4H3. The Labute approximate surface area is 126 Å². The zero-order chi connectivity index (χ0) is 15.4. The lowest BCUT2D eigenvalue weighted by Gasteiger charge is -2.22. The molecule has 0 saturated heterocycles. The van der Waals surface area contributed by atoms with Crippen LogP contribution in [0.15, 0.2) is 36.5 Å². The number of hydrogen-bond acceptors (Lipinski definition) is 2. The van der Waals surface area contributed by atoms with Gasteiger partial charge in [0.25, 0.3) is 0 Å². The Morgan fingerprint density at radius 3 is 2.52 bits per heavy atom. The molecule has 2 nitrogen and oxygen atoms in total. The molecule has 0 radical (unpaired) electrons. The number of pyridine rings is 1. The van der Waals surface area contributed by atoms with Crippen molar-refractivity contribution in [2.24, 2.45) is 0 Å². The summed E-state index contributed by atoms with van der Waals surface area (Å²) in [7, 11) is 0. The molecule has 0 spiro atoms. The van der Waals surface area contributed by atoms with Crippen molar-refractivity contribution in [3.05, 3.63) is 64.7 Å². The first-order valence-electron chi connectivity index (χ1n) is 7.39. The Morgan fingerprint density at radius 2 is 1.90 bits per heavy atom. The highest BCUT2D eigenvalue weighted by Gasteiger charge is 2.16. The molecule has 1 aromatic carbocycles. The minimum atomic E-state index is -0.297. The van der Waals surface area contributed by atoms with Gasteiger partial charge in [-0.15, -0.1) is 0 Å². The van der Waals surface area contributed by atoms with Gasteiger partial charge in [-0.3, -0.25) is 4.98 Å². The van der Waals surface area contributed by atoms with Crippen molar-refractivity contribution in [3.8, 4) is 0 Å². The van der Waals surface area contributed by atoms with Crippen LogP contribution in [0, 0.1) is 19.7 Å². The molecule has 21 heavy (non-hydrogen) atoms. The van der Waals surface area contributed by atoms with Crippen molar-refractivity contribution < 1.29 is 4.39 Å². The number of aromatic nitrogens is 1. The molecule has 0 aliphatic carbocycles. The van der Waals surface area contributed by atoms with E-state index in [0.717, 1.165) is 12.1 Å². The van der Waals surface area contributed by atoms with Crippen LogP contribution >= 0.6 is 0 Å². The van der Waals surface area contributed by atoms with Gasteiger partial charge in [0.1, 0.15) is 5.82 Å². The Bertz CT molecular complexity index is 591. The third-order valence-electron chi connectivity index (χ3n) is 3.57. The van der Waals surface area contributed by atoms with E-state index in [-0.39, 0.29) is 11.9 Å². The van der Waals surface area contributed by atoms with Crippen molar-refractivity contribution in [1.82, 2.24) is 10.3 Å². The van der Waals surface area contributed by atoms with Crippen molar-refractivity contribution in [2.45, 2.75) is 46.2 Å². The van der Waals surface area contributed by atoms with Gasteiger partial charge in [-0.25, -0.2) is 4.39 Å². The zero-order valence-corrected chi connectivity index (χ0v) is 13.2. The average molecular weight is 286 g/mol. The number of rotatable bonds is 5. The Hall–Kier alpha value is -1.74. The maximum Gasteiger partial charge on any atom is 0.141 e. The molecule has 1 N–H and O–H groups in total. The van der Waals surface area contributed by atoms with E-state index in [1.54, 1.807) is 6.07 Å². The fourth-order valence-corrected chi connectivity index (χ4v) is 2.48. The third kappa shape index (κ3) is 4.36. The second kappa shape index (κ2) is 6.81. The zero-order valence-electron chi connectivity index (χ0n) is 13.2. The van der Waals surface area contributed by atoms with E-state index in [2.05, 4.69) is 56.2 Å². The van der Waals surface area contributed by atoms with E-state index in [0.29, 0.717) is 6.04 Å². The van der Waals surface area contributed by atoms with E-state index >= 15 is 0 Å². The second-order valence-corrected chi connectivity index (χ2v) is 5.91. The van der Waals surface area contributed by atoms with Crippen molar-refractivity contribution in [1.29, 1.82) is 0 Å². The largest absolute Gasteiger partial charge is 0.306 e. The lowest BCUT2D eigenvalue weighted by molar-refractivity contribution is 0.463. The lowest BCUT2D eigenvalue weighted by Crippen LogP contribution is -2.30. The maximum absolute atomic E-state index is 13.1. The van der Waals surface area contributed by atoms with Gasteiger partial charge < -0.3 is 5.32 Å². The summed E-state index contributed by atoms with van der Waals surface area (Å²) < 4.78 is 13.1. The van der Waals surface area contributed by atoms with Crippen LogP contribution in [0.3, 0.4) is 0 Å². The van der Waals surface area contributed by atoms with Crippen LogP contribution in [0.4, 0.5) is 4.39 Å². The van der Waals surface area contributed by atoms with E-state index < -0.39 is 0 Å². The molecule has 1 atom stereocenters. The van der Waals surface area contributed by atoms with Gasteiger partial charge in [-0.1, -0.05) is 37.6 Å². The topological polar surface area (TPSA) is 24.9 Å². The highest BCUT2D eigenvalue weighted by Crippen LogP contribution is 2.21. The minimum Gasteiger partial charge on any atom is -0.306 e. The Morgan fingerprint density at radius 1 is 1.14 bits per heavy atom. The van der Waals surface area contributed by atoms with Gasteiger partial charge in [-0.05, 0) is 43.5 Å². The van der Waals surface area contributed by atoms with Crippen molar-refractivity contribution >= 4 is 0 Å². The van der Waals surface area contributed by atoms with E-state index in [4.69, 9.17) is 0 Å². The van der Waals surface area contributed by atoms with Gasteiger partial charge in [-0.2, -0.15) is 0 Å². The molecule has 1 unspecified atom stereocenters. The van der Waals surface area contributed by atoms with E-state index in [9.17, 15) is 4.39 Å². The van der Waals surface area contributed by atoms with Crippen LogP contribution in [0.1, 0.15) is 42.3 Å². The van der Waals surface area contributed by atoms with Gasteiger partial charge in [0, 0.05) is 6.04 Å². The summed E-state index contributed by atoms with van der Waals surface area (Å²) in [5, 5.41) is 3.53. The normalized spacial score (nSPS) is 12.7. The van der Waals surface area contributed by atoms with Crippen LogP contribution in [0.25, 0.3) is 0 Å². The fourth-order valence-electron chi connectivity index (χ4n) is 2.48. The van der Waals surface area contributed by atoms with E-state index in [1.807, 2.05) is 0 Å². The maximum atomic E-state index is 13.1. The number of nitrogens with one attached hydrogen (secondary N) is 1. The van der Waals surface area contributed by atoms with Crippen LogP contribution in [-0.2, 0) is 6.42 Å². The molecule has 0 saturated carbocycles. The first-order valence-corrected chi connectivity index (χ1v) is 7.39. The molecule has 2 rings (SSSR count). The number of nitrogens with zero attached hydrogens (tertiary/aromatic N) is 1. The Balaban J connectivity index is 2.28. The summed E-state index contributed by atoms with van der Waals surface area (Å²) in [5.74, 6) is -0.297. The SMILES string of the molecule is Cc1ccc(C)c(CC(NC(C)C)c2ccc(F)cn2)c1. The minimum absolute atomic E-state index is 0.0890. The summed E-state index contributed by atoms with van der Waals surface area (Å²) >= 11 is 0. The summed E-state index contributed by atoms with van der Waals surface area (Å²) in [6.45, 7) is 8.45. The van der Waals surface area contributed by atoms with Gasteiger partial charge in [0.05, 0.1) is 17.9 Å². The first kappa shape index (κ1) is 15.6. The Kier molecular flexibility index (Phi) is 5.07. The lowest BCUT2D eigenvalue weighted by atomic mass is 9.96. The molecule has 2 aromatic rings. The number of hydrogen-bond donors (Lipinski definition) is 1.